The number of hydrogen-bond donors (Lipinski definition) is 1. The predicted octanol–water partition coefficient (Wildman–Crippen LogP) is 1.49. The maximum absolute atomic E-state index is 4.37. The largest absolute Gasteiger partial charge is 0.338 e. The molecule has 0 bridgehead atoms. The lowest BCUT2D eigenvalue weighted by atomic mass is 10.1. The van der Waals surface area contributed by atoms with Gasteiger partial charge in [0.25, 0.3) is 0 Å². The third-order valence-electron chi connectivity index (χ3n) is 2.91. The summed E-state index contributed by atoms with van der Waals surface area (Å²) in [4.78, 5) is 12.7. The van der Waals surface area contributed by atoms with E-state index in [1.165, 1.54) is 0 Å². The van der Waals surface area contributed by atoms with E-state index in [2.05, 4.69) is 27.2 Å². The zero-order valence-corrected chi connectivity index (χ0v) is 10.9. The Kier molecular flexibility index (Phi) is 4.41. The van der Waals surface area contributed by atoms with Gasteiger partial charge in [0.2, 0.25) is 0 Å². The first-order valence-electron chi connectivity index (χ1n) is 6.26. The summed E-state index contributed by atoms with van der Waals surface area (Å²) in [6.45, 7) is 3.13. The van der Waals surface area contributed by atoms with Crippen molar-refractivity contribution in [1.29, 1.82) is 0 Å². The van der Waals surface area contributed by atoms with Gasteiger partial charge in [0.05, 0.1) is 11.7 Å². The first-order chi connectivity index (χ1) is 8.81. The van der Waals surface area contributed by atoms with E-state index in [1.54, 1.807) is 12.5 Å². The second kappa shape index (κ2) is 6.26. The molecule has 1 N–H and O–H groups in total. The zero-order chi connectivity index (χ0) is 12.8. The maximum atomic E-state index is 4.37. The highest BCUT2D eigenvalue weighted by Crippen LogP contribution is 2.14. The molecule has 0 aliphatic rings. The SMILES string of the molecule is CCCNC(Cc1nccn1C)c1ccncn1. The van der Waals surface area contributed by atoms with E-state index < -0.39 is 0 Å². The van der Waals surface area contributed by atoms with Crippen LogP contribution in [-0.2, 0) is 13.5 Å². The Morgan fingerprint density at radius 3 is 2.83 bits per heavy atom. The molecule has 1 atom stereocenters. The van der Waals surface area contributed by atoms with Gasteiger partial charge in [-0.15, -0.1) is 0 Å². The Bertz CT molecular complexity index is 465. The number of imidazole rings is 1. The fraction of sp³-hybridized carbons (Fsp3) is 0.462. The predicted molar refractivity (Wildman–Crippen MR) is 70.0 cm³/mol. The standard InChI is InChI=1S/C13H19N5/c1-3-5-15-12(11-4-6-14-10-17-11)9-13-16-7-8-18(13)2/h4,6-8,10,12,15H,3,5,9H2,1-2H3. The van der Waals surface area contributed by atoms with Gasteiger partial charge in [-0.2, -0.15) is 0 Å². The molecule has 5 nitrogen and oxygen atoms in total. The van der Waals surface area contributed by atoms with Crippen LogP contribution in [0.4, 0.5) is 0 Å². The highest BCUT2D eigenvalue weighted by Gasteiger charge is 2.14. The second-order valence-corrected chi connectivity index (χ2v) is 4.30. The molecule has 2 aromatic rings. The third kappa shape index (κ3) is 3.13. The number of hydrogen-bond acceptors (Lipinski definition) is 4. The van der Waals surface area contributed by atoms with Gasteiger partial charge in [-0.05, 0) is 19.0 Å². The zero-order valence-electron chi connectivity index (χ0n) is 10.9. The molecule has 18 heavy (non-hydrogen) atoms. The van der Waals surface area contributed by atoms with E-state index in [4.69, 9.17) is 0 Å². The molecule has 0 amide bonds. The normalized spacial score (nSPS) is 12.6. The summed E-state index contributed by atoms with van der Waals surface area (Å²) in [5.41, 5.74) is 1.02. The molecule has 0 aliphatic carbocycles. The summed E-state index contributed by atoms with van der Waals surface area (Å²) in [5, 5.41) is 3.51. The summed E-state index contributed by atoms with van der Waals surface area (Å²) >= 11 is 0. The number of aromatic nitrogens is 4. The van der Waals surface area contributed by atoms with Crippen LogP contribution < -0.4 is 5.32 Å². The lowest BCUT2D eigenvalue weighted by molar-refractivity contribution is 0.500. The van der Waals surface area contributed by atoms with Gasteiger partial charge in [-0.25, -0.2) is 15.0 Å². The molecule has 0 radical (unpaired) electrons. The molecule has 0 fully saturated rings. The van der Waals surface area contributed by atoms with Gasteiger partial charge in [-0.3, -0.25) is 0 Å². The number of nitrogens with one attached hydrogen (secondary N) is 1. The van der Waals surface area contributed by atoms with Crippen LogP contribution in [0, 0.1) is 0 Å². The molecule has 0 aromatic carbocycles. The van der Waals surface area contributed by atoms with Gasteiger partial charge in [0.1, 0.15) is 12.2 Å². The molecule has 0 saturated carbocycles. The van der Waals surface area contributed by atoms with Crippen molar-refractivity contribution in [3.63, 3.8) is 0 Å². The van der Waals surface area contributed by atoms with Crippen LogP contribution >= 0.6 is 0 Å². The monoisotopic (exact) mass is 245 g/mol. The van der Waals surface area contributed by atoms with Crippen molar-refractivity contribution in [2.75, 3.05) is 6.54 Å². The van der Waals surface area contributed by atoms with Crippen molar-refractivity contribution >= 4 is 0 Å². The van der Waals surface area contributed by atoms with Crippen LogP contribution in [0.5, 0.6) is 0 Å². The Labute approximate surface area is 107 Å². The van der Waals surface area contributed by atoms with Crippen molar-refractivity contribution in [3.8, 4) is 0 Å². The Balaban J connectivity index is 2.13. The average molecular weight is 245 g/mol. The van der Waals surface area contributed by atoms with Crippen LogP contribution in [-0.4, -0.2) is 26.1 Å². The summed E-state index contributed by atoms with van der Waals surface area (Å²) in [6.07, 6.45) is 9.09. The van der Waals surface area contributed by atoms with Crippen LogP contribution in [0.3, 0.4) is 0 Å². The highest BCUT2D eigenvalue weighted by atomic mass is 15.0. The summed E-state index contributed by atoms with van der Waals surface area (Å²) in [6, 6.07) is 2.14. The highest BCUT2D eigenvalue weighted by molar-refractivity contribution is 5.08. The van der Waals surface area contributed by atoms with Crippen LogP contribution in [0.1, 0.15) is 30.9 Å². The van der Waals surface area contributed by atoms with Gasteiger partial charge < -0.3 is 9.88 Å². The molecule has 2 heterocycles. The quantitative estimate of drug-likeness (QED) is 0.838. The van der Waals surface area contributed by atoms with Crippen LogP contribution in [0.2, 0.25) is 0 Å². The summed E-state index contributed by atoms with van der Waals surface area (Å²) in [5.74, 6) is 1.06. The smallest absolute Gasteiger partial charge is 0.115 e. The molecule has 96 valence electrons. The Morgan fingerprint density at radius 2 is 2.22 bits per heavy atom. The summed E-state index contributed by atoms with van der Waals surface area (Å²) in [7, 11) is 2.01. The maximum Gasteiger partial charge on any atom is 0.115 e. The van der Waals surface area contributed by atoms with E-state index in [0.717, 1.165) is 30.9 Å². The fourth-order valence-corrected chi connectivity index (χ4v) is 1.88. The van der Waals surface area contributed by atoms with E-state index in [9.17, 15) is 0 Å². The minimum absolute atomic E-state index is 0.189. The van der Waals surface area contributed by atoms with Crippen molar-refractivity contribution in [2.24, 2.45) is 7.05 Å². The second-order valence-electron chi connectivity index (χ2n) is 4.30. The fourth-order valence-electron chi connectivity index (χ4n) is 1.88. The molecule has 0 saturated heterocycles. The number of rotatable bonds is 6. The van der Waals surface area contributed by atoms with E-state index in [1.807, 2.05) is 30.1 Å². The summed E-state index contributed by atoms with van der Waals surface area (Å²) < 4.78 is 2.04. The van der Waals surface area contributed by atoms with Crippen molar-refractivity contribution in [1.82, 2.24) is 24.8 Å². The molecule has 0 spiro atoms. The molecular formula is C13H19N5. The minimum Gasteiger partial charge on any atom is -0.338 e. The van der Waals surface area contributed by atoms with Gasteiger partial charge in [0.15, 0.2) is 0 Å². The molecule has 2 aromatic heterocycles. The van der Waals surface area contributed by atoms with E-state index in [0.29, 0.717) is 0 Å². The van der Waals surface area contributed by atoms with Crippen molar-refractivity contribution in [2.45, 2.75) is 25.8 Å². The average Bonchev–Trinajstić information content (AvgIpc) is 2.81. The number of nitrogens with zero attached hydrogens (tertiary/aromatic N) is 4. The minimum atomic E-state index is 0.189. The van der Waals surface area contributed by atoms with E-state index in [-0.39, 0.29) is 6.04 Å². The van der Waals surface area contributed by atoms with Crippen LogP contribution in [0.25, 0.3) is 0 Å². The van der Waals surface area contributed by atoms with Gasteiger partial charge >= 0.3 is 0 Å². The lowest BCUT2D eigenvalue weighted by Crippen LogP contribution is -2.26. The molecule has 5 heteroatoms. The Morgan fingerprint density at radius 1 is 1.33 bits per heavy atom. The molecule has 0 aliphatic heterocycles. The van der Waals surface area contributed by atoms with E-state index >= 15 is 0 Å². The molecular weight excluding hydrogens is 226 g/mol. The van der Waals surface area contributed by atoms with Crippen LogP contribution in [0.15, 0.2) is 31.0 Å². The van der Waals surface area contributed by atoms with Crippen molar-refractivity contribution in [3.05, 3.63) is 42.5 Å². The third-order valence-corrected chi connectivity index (χ3v) is 2.91. The number of aryl methyl sites for hydroxylation is 1. The topological polar surface area (TPSA) is 55.6 Å². The first kappa shape index (κ1) is 12.7. The first-order valence-corrected chi connectivity index (χ1v) is 6.26. The Hall–Kier alpha value is -1.75. The van der Waals surface area contributed by atoms with Crippen molar-refractivity contribution < 1.29 is 0 Å². The van der Waals surface area contributed by atoms with Gasteiger partial charge in [0, 0.05) is 32.1 Å². The molecule has 1 unspecified atom stereocenters. The van der Waals surface area contributed by atoms with Gasteiger partial charge in [-0.1, -0.05) is 6.92 Å². The lowest BCUT2D eigenvalue weighted by Gasteiger charge is -2.17. The molecule has 2 rings (SSSR count).